The number of esters is 1. The van der Waals surface area contributed by atoms with Crippen LogP contribution in [0.15, 0.2) is 67.3 Å². The number of nitrogens with zero attached hydrogens (tertiary/aromatic N) is 8. The standard InChI is InChI=1S/C34H14N8O2/c1-4-25(43)44-16-17-8-10-18(11-9-17)19-12-13-22-27-26-20(29-30(22)42-34(38-3)33(37-2)41-29)6-5-7-21(26)31-32(28(19)27)40-24(15-36)23(14-35)39-31/h4-13H,1,16H2. The van der Waals surface area contributed by atoms with Crippen molar-refractivity contribution >= 4 is 72.0 Å². The minimum absolute atomic E-state index is 0.0844. The van der Waals surface area contributed by atoms with Crippen LogP contribution < -0.4 is 0 Å². The molecular formula is C34H14N8O2. The molecule has 2 aromatic heterocycles. The molecule has 0 N–H and O–H groups in total. The van der Waals surface area contributed by atoms with Crippen LogP contribution in [0, 0.1) is 35.8 Å². The lowest BCUT2D eigenvalue weighted by Crippen LogP contribution is -2.01. The molecule has 0 spiro atoms. The lowest BCUT2D eigenvalue weighted by atomic mass is 9.87. The molecule has 5 aromatic carbocycles. The fourth-order valence-corrected chi connectivity index (χ4v) is 5.65. The summed E-state index contributed by atoms with van der Waals surface area (Å²) in [5, 5.41) is 24.0. The Morgan fingerprint density at radius 3 is 1.91 bits per heavy atom. The number of benzene rings is 5. The van der Waals surface area contributed by atoms with E-state index in [-0.39, 0.29) is 29.6 Å². The summed E-state index contributed by atoms with van der Waals surface area (Å²) in [5.74, 6) is -0.696. The number of carbonyl (C=O) groups is 1. The van der Waals surface area contributed by atoms with E-state index < -0.39 is 5.97 Å². The fraction of sp³-hybridized carbons (Fsp3) is 0.0294. The molecule has 0 atom stereocenters. The maximum absolute atomic E-state index is 11.5. The zero-order valence-electron chi connectivity index (χ0n) is 22.6. The summed E-state index contributed by atoms with van der Waals surface area (Å²) in [7, 11) is 0. The molecule has 44 heavy (non-hydrogen) atoms. The number of hydrogen-bond acceptors (Lipinski definition) is 8. The van der Waals surface area contributed by atoms with E-state index >= 15 is 0 Å². The van der Waals surface area contributed by atoms with Crippen molar-refractivity contribution in [2.45, 2.75) is 6.61 Å². The largest absolute Gasteiger partial charge is 0.458 e. The molecule has 10 heteroatoms. The minimum Gasteiger partial charge on any atom is -0.458 e. The fourth-order valence-electron chi connectivity index (χ4n) is 5.65. The zero-order valence-corrected chi connectivity index (χ0v) is 22.6. The first-order valence-electron chi connectivity index (χ1n) is 13.1. The van der Waals surface area contributed by atoms with Gasteiger partial charge in [-0.25, -0.2) is 14.8 Å². The third kappa shape index (κ3) is 3.67. The van der Waals surface area contributed by atoms with Gasteiger partial charge < -0.3 is 14.4 Å². The van der Waals surface area contributed by atoms with E-state index in [4.69, 9.17) is 17.9 Å². The van der Waals surface area contributed by atoms with Crippen molar-refractivity contribution in [3.05, 3.63) is 107 Å². The zero-order chi connectivity index (χ0) is 30.5. The van der Waals surface area contributed by atoms with Gasteiger partial charge in [0.05, 0.1) is 11.0 Å². The molecule has 0 saturated heterocycles. The molecule has 0 fully saturated rings. The third-order valence-electron chi connectivity index (χ3n) is 7.51. The van der Waals surface area contributed by atoms with Crippen LogP contribution in [0.1, 0.15) is 17.0 Å². The van der Waals surface area contributed by atoms with Crippen molar-refractivity contribution < 1.29 is 9.53 Å². The molecule has 0 amide bonds. The number of carbonyl (C=O) groups excluding carboxylic acids is 1. The van der Waals surface area contributed by atoms with Gasteiger partial charge in [0.2, 0.25) is 11.0 Å². The maximum atomic E-state index is 11.5. The summed E-state index contributed by atoms with van der Waals surface area (Å²) in [6.45, 7) is 18.7. The monoisotopic (exact) mass is 566 g/mol. The highest BCUT2D eigenvalue weighted by molar-refractivity contribution is 6.40. The molecule has 7 rings (SSSR count). The molecule has 2 heterocycles. The van der Waals surface area contributed by atoms with Gasteiger partial charge in [-0.2, -0.15) is 10.5 Å². The molecule has 0 aliphatic carbocycles. The van der Waals surface area contributed by atoms with E-state index in [1.165, 1.54) is 0 Å². The van der Waals surface area contributed by atoms with Crippen molar-refractivity contribution in [3.8, 4) is 23.3 Å². The summed E-state index contributed by atoms with van der Waals surface area (Å²) < 4.78 is 5.17. The predicted molar refractivity (Wildman–Crippen MR) is 164 cm³/mol. The van der Waals surface area contributed by atoms with E-state index in [2.05, 4.69) is 36.2 Å². The number of rotatable bonds is 4. The molecule has 7 aromatic rings. The first-order chi connectivity index (χ1) is 21.5. The second-order valence-corrected chi connectivity index (χ2v) is 9.78. The number of aromatic nitrogens is 4. The molecule has 0 saturated carbocycles. The average molecular weight is 567 g/mol. The van der Waals surface area contributed by atoms with Crippen LogP contribution in [0.4, 0.5) is 11.6 Å². The second kappa shape index (κ2) is 9.82. The van der Waals surface area contributed by atoms with Crippen LogP contribution in [0.2, 0.25) is 0 Å². The highest BCUT2D eigenvalue weighted by Gasteiger charge is 2.26. The number of ether oxygens (including phenoxy) is 1. The van der Waals surface area contributed by atoms with E-state index in [1.807, 2.05) is 66.7 Å². The van der Waals surface area contributed by atoms with Gasteiger partial charge in [-0.3, -0.25) is 0 Å². The maximum Gasteiger partial charge on any atom is 0.330 e. The summed E-state index contributed by atoms with van der Waals surface area (Å²) in [6.07, 6.45) is 1.11. The molecular weight excluding hydrogens is 552 g/mol. The van der Waals surface area contributed by atoms with Crippen molar-refractivity contribution in [2.75, 3.05) is 0 Å². The van der Waals surface area contributed by atoms with Gasteiger partial charge in [-0.05, 0) is 28.8 Å². The van der Waals surface area contributed by atoms with Crippen molar-refractivity contribution in [2.24, 2.45) is 0 Å². The Kier molecular flexibility index (Phi) is 5.79. The van der Waals surface area contributed by atoms with Gasteiger partial charge in [0.15, 0.2) is 11.4 Å². The highest BCUT2D eigenvalue weighted by atomic mass is 16.5. The molecule has 0 aliphatic rings. The van der Waals surface area contributed by atoms with E-state index in [0.717, 1.165) is 33.5 Å². The molecule has 0 aliphatic heterocycles. The molecule has 0 unspecified atom stereocenters. The minimum atomic E-state index is -0.517. The first kappa shape index (κ1) is 25.9. The van der Waals surface area contributed by atoms with Crippen LogP contribution in [0.3, 0.4) is 0 Å². The molecule has 10 nitrogen and oxygen atoms in total. The smallest absolute Gasteiger partial charge is 0.330 e. The highest BCUT2D eigenvalue weighted by Crippen LogP contribution is 2.47. The quantitative estimate of drug-likeness (QED) is 0.0717. The van der Waals surface area contributed by atoms with Crippen LogP contribution in [-0.2, 0) is 16.1 Å². The lowest BCUT2D eigenvalue weighted by Gasteiger charge is -2.17. The molecule has 202 valence electrons. The Bertz CT molecular complexity index is 2560. The van der Waals surface area contributed by atoms with E-state index in [9.17, 15) is 15.3 Å². The summed E-state index contributed by atoms with van der Waals surface area (Å²) in [6, 6.07) is 20.9. The van der Waals surface area contributed by atoms with Crippen molar-refractivity contribution in [3.63, 3.8) is 0 Å². The van der Waals surface area contributed by atoms with Gasteiger partial charge in [-0.1, -0.05) is 62.2 Å². The van der Waals surface area contributed by atoms with Gasteiger partial charge in [-0.15, -0.1) is 9.97 Å². The van der Waals surface area contributed by atoms with E-state index in [0.29, 0.717) is 43.6 Å². The normalized spacial score (nSPS) is 10.9. The van der Waals surface area contributed by atoms with Crippen LogP contribution in [0.25, 0.3) is 75.2 Å². The van der Waals surface area contributed by atoms with Gasteiger partial charge in [0, 0.05) is 38.4 Å². The topological polar surface area (TPSA) is 134 Å². The Hall–Kier alpha value is -7.01. The predicted octanol–water partition coefficient (Wildman–Crippen LogP) is 7.21. The number of fused-ring (bicyclic) bond motifs is 6. The third-order valence-corrected chi connectivity index (χ3v) is 7.51. The summed E-state index contributed by atoms with van der Waals surface area (Å²) >= 11 is 0. The Morgan fingerprint density at radius 2 is 1.34 bits per heavy atom. The van der Waals surface area contributed by atoms with Gasteiger partial charge >= 0.3 is 5.97 Å². The van der Waals surface area contributed by atoms with E-state index in [1.54, 1.807) is 0 Å². The first-order valence-corrected chi connectivity index (χ1v) is 13.1. The summed E-state index contributed by atoms with van der Waals surface area (Å²) in [5.41, 5.74) is 3.99. The Labute approximate surface area is 248 Å². The van der Waals surface area contributed by atoms with Gasteiger partial charge in [0.1, 0.15) is 18.7 Å². The lowest BCUT2D eigenvalue weighted by molar-refractivity contribution is -0.138. The summed E-state index contributed by atoms with van der Waals surface area (Å²) in [4.78, 5) is 36.9. The number of nitriles is 2. The van der Waals surface area contributed by atoms with Crippen molar-refractivity contribution in [1.82, 2.24) is 19.9 Å². The molecule has 0 bridgehead atoms. The Balaban J connectivity index is 1.66. The van der Waals surface area contributed by atoms with Crippen LogP contribution in [-0.4, -0.2) is 25.9 Å². The number of hydrogen-bond donors (Lipinski definition) is 0. The second-order valence-electron chi connectivity index (χ2n) is 9.78. The van der Waals surface area contributed by atoms with Crippen molar-refractivity contribution in [1.29, 1.82) is 10.5 Å². The SMILES string of the molecule is [C-]#[N+]c1nc2c3cccc4c5nc(C#N)c(C#N)nc5c5c(-c6ccc(COC(=O)C=C)cc6)ccc(c2nc1[N+]#[C-])c5c34. The Morgan fingerprint density at radius 1 is 0.773 bits per heavy atom. The van der Waals surface area contributed by atoms with Crippen LogP contribution >= 0.6 is 0 Å². The average Bonchev–Trinajstić information content (AvgIpc) is 3.08. The van der Waals surface area contributed by atoms with Crippen LogP contribution in [0.5, 0.6) is 0 Å². The molecule has 0 radical (unpaired) electrons. The van der Waals surface area contributed by atoms with Gasteiger partial charge in [0.25, 0.3) is 11.6 Å².